The summed E-state index contributed by atoms with van der Waals surface area (Å²) in [5, 5.41) is 2.92. The van der Waals surface area contributed by atoms with E-state index in [1.54, 1.807) is 19.2 Å². The first-order chi connectivity index (χ1) is 8.93. The molecule has 0 aromatic carbocycles. The second kappa shape index (κ2) is 7.09. The first-order valence-corrected chi connectivity index (χ1v) is 6.51. The number of methoxy groups -OCH3 is 1. The van der Waals surface area contributed by atoms with E-state index in [2.05, 4.69) is 10.3 Å². The maximum absolute atomic E-state index is 12.1. The summed E-state index contributed by atoms with van der Waals surface area (Å²) < 4.78 is 4.99. The molecule has 5 heteroatoms. The molecule has 0 saturated heterocycles. The summed E-state index contributed by atoms with van der Waals surface area (Å²) >= 11 is 0. The Labute approximate surface area is 114 Å². The number of amides is 1. The minimum Gasteiger partial charge on any atom is -0.385 e. The van der Waals surface area contributed by atoms with Gasteiger partial charge in [-0.1, -0.05) is 13.8 Å². The Balaban J connectivity index is 2.76. The molecular weight excluding hydrogens is 242 g/mol. The molecule has 1 heterocycles. The molecule has 1 aromatic heterocycles. The summed E-state index contributed by atoms with van der Waals surface area (Å²) in [4.78, 5) is 16.3. The van der Waals surface area contributed by atoms with Crippen molar-refractivity contribution in [1.29, 1.82) is 0 Å². The Bertz CT molecular complexity index is 433. The Morgan fingerprint density at radius 3 is 2.68 bits per heavy atom. The zero-order valence-corrected chi connectivity index (χ0v) is 12.1. The second-order valence-electron chi connectivity index (χ2n) is 5.02. The van der Waals surface area contributed by atoms with Gasteiger partial charge in [-0.05, 0) is 31.4 Å². The van der Waals surface area contributed by atoms with Gasteiger partial charge in [-0.3, -0.25) is 4.79 Å². The van der Waals surface area contributed by atoms with E-state index < -0.39 is 0 Å². The van der Waals surface area contributed by atoms with E-state index in [1.165, 1.54) is 0 Å². The lowest BCUT2D eigenvalue weighted by molar-refractivity contribution is 0.0929. The molecule has 0 aliphatic heterocycles. The van der Waals surface area contributed by atoms with Crippen molar-refractivity contribution in [3.05, 3.63) is 23.4 Å². The second-order valence-corrected chi connectivity index (χ2v) is 5.02. The third-order valence-electron chi connectivity index (χ3n) is 2.85. The van der Waals surface area contributed by atoms with E-state index in [-0.39, 0.29) is 17.9 Å². The number of hydrogen-bond donors (Lipinski definition) is 2. The van der Waals surface area contributed by atoms with Crippen molar-refractivity contribution in [2.75, 3.05) is 19.5 Å². The molecule has 0 aliphatic carbocycles. The van der Waals surface area contributed by atoms with Crippen molar-refractivity contribution in [2.45, 2.75) is 39.2 Å². The van der Waals surface area contributed by atoms with Crippen LogP contribution in [0.25, 0.3) is 0 Å². The first kappa shape index (κ1) is 15.4. The van der Waals surface area contributed by atoms with Gasteiger partial charge in [0, 0.05) is 31.0 Å². The molecule has 0 fully saturated rings. The van der Waals surface area contributed by atoms with Gasteiger partial charge in [0.15, 0.2) is 0 Å². The smallest absolute Gasteiger partial charge is 0.251 e. The fraction of sp³-hybridized carbons (Fsp3) is 0.571. The lowest BCUT2D eigenvalue weighted by Gasteiger charge is -2.14. The number of nitrogens with one attached hydrogen (secondary N) is 1. The van der Waals surface area contributed by atoms with Crippen LogP contribution in [0.4, 0.5) is 5.82 Å². The molecule has 0 aliphatic rings. The number of nitrogens with two attached hydrogens (primary N) is 1. The van der Waals surface area contributed by atoms with Crippen LogP contribution in [0, 0.1) is 0 Å². The molecular formula is C14H23N3O2. The molecule has 1 amide bonds. The Hall–Kier alpha value is -1.62. The molecule has 0 radical (unpaired) electrons. The average molecular weight is 265 g/mol. The van der Waals surface area contributed by atoms with Crippen molar-refractivity contribution in [3.8, 4) is 0 Å². The summed E-state index contributed by atoms with van der Waals surface area (Å²) in [6.07, 6.45) is 0.778. The molecule has 3 N–H and O–H groups in total. The van der Waals surface area contributed by atoms with E-state index in [1.807, 2.05) is 20.8 Å². The number of ether oxygens (including phenoxy) is 1. The van der Waals surface area contributed by atoms with Gasteiger partial charge in [0.25, 0.3) is 5.91 Å². The Kier molecular flexibility index (Phi) is 5.76. The molecule has 0 bridgehead atoms. The highest BCUT2D eigenvalue weighted by atomic mass is 16.5. The third kappa shape index (κ3) is 4.87. The zero-order chi connectivity index (χ0) is 14.4. The standard InChI is InChI=1S/C14H23N3O2/c1-9(2)12-7-11(8-13(15)17-12)14(18)16-10(3)5-6-19-4/h7-10H,5-6H2,1-4H3,(H2,15,17)(H,16,18). The van der Waals surface area contributed by atoms with Gasteiger partial charge in [0.1, 0.15) is 5.82 Å². The fourth-order valence-electron chi connectivity index (χ4n) is 1.67. The molecule has 1 atom stereocenters. The molecule has 0 spiro atoms. The predicted octanol–water partition coefficient (Wildman–Crippen LogP) is 1.94. The highest BCUT2D eigenvalue weighted by Crippen LogP contribution is 2.16. The van der Waals surface area contributed by atoms with Crippen LogP contribution in [-0.2, 0) is 4.74 Å². The highest BCUT2D eigenvalue weighted by Gasteiger charge is 2.13. The number of rotatable bonds is 6. The van der Waals surface area contributed by atoms with Crippen LogP contribution in [0.1, 0.15) is 49.2 Å². The van der Waals surface area contributed by atoms with Gasteiger partial charge in [-0.15, -0.1) is 0 Å². The lowest BCUT2D eigenvalue weighted by atomic mass is 10.1. The van der Waals surface area contributed by atoms with E-state index in [0.29, 0.717) is 18.0 Å². The van der Waals surface area contributed by atoms with E-state index in [0.717, 1.165) is 12.1 Å². The zero-order valence-electron chi connectivity index (χ0n) is 12.1. The Morgan fingerprint density at radius 1 is 1.42 bits per heavy atom. The van der Waals surface area contributed by atoms with Gasteiger partial charge in [-0.2, -0.15) is 0 Å². The highest BCUT2D eigenvalue weighted by molar-refractivity contribution is 5.95. The molecule has 106 valence electrons. The number of anilines is 1. The molecule has 0 saturated carbocycles. The summed E-state index contributed by atoms with van der Waals surface area (Å²) in [6.45, 7) is 6.61. The number of carbonyl (C=O) groups excluding carboxylic acids is 1. The summed E-state index contributed by atoms with van der Waals surface area (Å²) in [6, 6.07) is 3.45. The van der Waals surface area contributed by atoms with E-state index in [4.69, 9.17) is 10.5 Å². The normalized spacial score (nSPS) is 12.5. The van der Waals surface area contributed by atoms with Gasteiger partial charge in [0.05, 0.1) is 0 Å². The molecule has 5 nitrogen and oxygen atoms in total. The number of nitrogens with zero attached hydrogens (tertiary/aromatic N) is 1. The Morgan fingerprint density at radius 2 is 2.11 bits per heavy atom. The maximum Gasteiger partial charge on any atom is 0.251 e. The van der Waals surface area contributed by atoms with Crippen molar-refractivity contribution >= 4 is 11.7 Å². The number of aromatic nitrogens is 1. The van der Waals surface area contributed by atoms with Gasteiger partial charge >= 0.3 is 0 Å². The third-order valence-corrected chi connectivity index (χ3v) is 2.85. The molecule has 1 aromatic rings. The van der Waals surface area contributed by atoms with Crippen molar-refractivity contribution in [1.82, 2.24) is 10.3 Å². The van der Waals surface area contributed by atoms with Gasteiger partial charge in [0.2, 0.25) is 0 Å². The number of hydrogen-bond acceptors (Lipinski definition) is 4. The summed E-state index contributed by atoms with van der Waals surface area (Å²) in [5.41, 5.74) is 7.12. The predicted molar refractivity (Wildman–Crippen MR) is 76.2 cm³/mol. The minimum absolute atomic E-state index is 0.0596. The SMILES string of the molecule is COCCC(C)NC(=O)c1cc(N)nc(C(C)C)c1. The minimum atomic E-state index is -0.125. The summed E-state index contributed by atoms with van der Waals surface area (Å²) in [5.74, 6) is 0.487. The van der Waals surface area contributed by atoms with E-state index in [9.17, 15) is 4.79 Å². The van der Waals surface area contributed by atoms with E-state index >= 15 is 0 Å². The molecule has 1 unspecified atom stereocenters. The van der Waals surface area contributed by atoms with Gasteiger partial charge < -0.3 is 15.8 Å². The average Bonchev–Trinajstić information content (AvgIpc) is 2.35. The van der Waals surface area contributed by atoms with Crippen LogP contribution in [-0.4, -0.2) is 30.6 Å². The number of pyridine rings is 1. The first-order valence-electron chi connectivity index (χ1n) is 6.51. The largest absolute Gasteiger partial charge is 0.385 e. The van der Waals surface area contributed by atoms with Crippen molar-refractivity contribution in [2.24, 2.45) is 0 Å². The maximum atomic E-state index is 12.1. The molecule has 19 heavy (non-hydrogen) atoms. The van der Waals surface area contributed by atoms with Crippen molar-refractivity contribution in [3.63, 3.8) is 0 Å². The van der Waals surface area contributed by atoms with Crippen LogP contribution in [0.2, 0.25) is 0 Å². The van der Waals surface area contributed by atoms with Crippen LogP contribution in [0.15, 0.2) is 12.1 Å². The van der Waals surface area contributed by atoms with Crippen molar-refractivity contribution < 1.29 is 9.53 Å². The van der Waals surface area contributed by atoms with Crippen LogP contribution < -0.4 is 11.1 Å². The van der Waals surface area contributed by atoms with Crippen LogP contribution in [0.5, 0.6) is 0 Å². The fourth-order valence-corrected chi connectivity index (χ4v) is 1.67. The lowest BCUT2D eigenvalue weighted by Crippen LogP contribution is -2.33. The number of carbonyl (C=O) groups is 1. The van der Waals surface area contributed by atoms with Crippen LogP contribution >= 0.6 is 0 Å². The molecule has 1 rings (SSSR count). The summed E-state index contributed by atoms with van der Waals surface area (Å²) in [7, 11) is 1.65. The van der Waals surface area contributed by atoms with Gasteiger partial charge in [-0.25, -0.2) is 4.98 Å². The number of nitrogen functional groups attached to an aromatic ring is 1. The topological polar surface area (TPSA) is 77.2 Å². The van der Waals surface area contributed by atoms with Crippen LogP contribution in [0.3, 0.4) is 0 Å². The monoisotopic (exact) mass is 265 g/mol. The quantitative estimate of drug-likeness (QED) is 0.824.